The molecule has 1 atom stereocenters. The summed E-state index contributed by atoms with van der Waals surface area (Å²) >= 11 is 6.03. The second kappa shape index (κ2) is 8.50. The van der Waals surface area contributed by atoms with Crippen molar-refractivity contribution in [2.75, 3.05) is 19.0 Å². The Hall–Kier alpha value is -2.44. The van der Waals surface area contributed by atoms with Crippen LogP contribution in [0, 0.1) is 5.82 Å². The number of nitrogens with zero attached hydrogens (tertiary/aromatic N) is 1. The molecule has 0 spiro atoms. The number of amides is 2. The van der Waals surface area contributed by atoms with Gasteiger partial charge in [0.1, 0.15) is 11.9 Å². The Morgan fingerprint density at radius 3 is 2.78 bits per heavy atom. The third-order valence-corrected chi connectivity index (χ3v) is 4.76. The predicted octanol–water partition coefficient (Wildman–Crippen LogP) is 3.87. The van der Waals surface area contributed by atoms with Crippen LogP contribution in [0.3, 0.4) is 0 Å². The average molecular weight is 391 g/mol. The highest BCUT2D eigenvalue weighted by molar-refractivity contribution is 6.31. The molecule has 1 heterocycles. The molecule has 1 fully saturated rings. The second-order valence-electron chi connectivity index (χ2n) is 6.43. The number of hydrogen-bond acceptors (Lipinski definition) is 3. The molecule has 0 unspecified atom stereocenters. The van der Waals surface area contributed by atoms with E-state index in [2.05, 4.69) is 5.32 Å². The average Bonchev–Trinajstić information content (AvgIpc) is 3.19. The number of nitrogens with one attached hydrogen (secondary N) is 1. The molecule has 0 bridgehead atoms. The molecule has 2 aromatic carbocycles. The van der Waals surface area contributed by atoms with Crippen molar-refractivity contribution in [2.24, 2.45) is 0 Å². The number of carbonyl (C=O) groups excluding carboxylic acids is 2. The van der Waals surface area contributed by atoms with Crippen molar-refractivity contribution in [2.45, 2.75) is 25.5 Å². The van der Waals surface area contributed by atoms with Crippen molar-refractivity contribution in [3.8, 4) is 0 Å². The minimum absolute atomic E-state index is 0.0385. The van der Waals surface area contributed by atoms with Crippen LogP contribution in [0.1, 0.15) is 28.8 Å². The van der Waals surface area contributed by atoms with Crippen LogP contribution in [0.5, 0.6) is 0 Å². The van der Waals surface area contributed by atoms with Gasteiger partial charge in [0.2, 0.25) is 0 Å². The van der Waals surface area contributed by atoms with Gasteiger partial charge < -0.3 is 15.0 Å². The number of carbonyl (C=O) groups is 2. The number of benzene rings is 2. The summed E-state index contributed by atoms with van der Waals surface area (Å²) < 4.78 is 19.3. The molecule has 1 aliphatic rings. The number of hydrogen-bond donors (Lipinski definition) is 1. The van der Waals surface area contributed by atoms with Gasteiger partial charge in [0, 0.05) is 42.0 Å². The molecule has 5 nitrogen and oxygen atoms in total. The Bertz CT molecular complexity index is 833. The Balaban J connectivity index is 1.70. The van der Waals surface area contributed by atoms with Gasteiger partial charge in [-0.25, -0.2) is 4.39 Å². The normalized spacial score (nSPS) is 16.2. The number of halogens is 2. The third kappa shape index (κ3) is 4.64. The second-order valence-corrected chi connectivity index (χ2v) is 6.84. The summed E-state index contributed by atoms with van der Waals surface area (Å²) in [4.78, 5) is 26.2. The number of anilines is 1. The summed E-state index contributed by atoms with van der Waals surface area (Å²) in [5, 5.41) is 3.04. The standard InChI is InChI=1S/C20H20ClFN2O3/c1-24(12-15-16(21)7-3-8-17(15)22)20(26)13-5-2-6-14(11-13)23-19(25)18-9-4-10-27-18/h2-3,5-8,11,18H,4,9-10,12H2,1H3,(H,23,25)/t18-/m0/s1. The van der Waals surface area contributed by atoms with Gasteiger partial charge in [-0.2, -0.15) is 0 Å². The van der Waals surface area contributed by atoms with Crippen LogP contribution in [0.2, 0.25) is 5.02 Å². The molecule has 1 N–H and O–H groups in total. The number of ether oxygens (including phenoxy) is 1. The maximum Gasteiger partial charge on any atom is 0.253 e. The monoisotopic (exact) mass is 390 g/mol. The Labute approximate surface area is 162 Å². The van der Waals surface area contributed by atoms with Crippen LogP contribution >= 0.6 is 11.6 Å². The Kier molecular flexibility index (Phi) is 6.08. The van der Waals surface area contributed by atoms with Crippen LogP contribution in [-0.2, 0) is 16.1 Å². The summed E-state index contributed by atoms with van der Waals surface area (Å²) in [7, 11) is 1.57. The lowest BCUT2D eigenvalue weighted by Gasteiger charge is -2.19. The zero-order valence-corrected chi connectivity index (χ0v) is 15.6. The van der Waals surface area contributed by atoms with E-state index >= 15 is 0 Å². The van der Waals surface area contributed by atoms with E-state index in [0.717, 1.165) is 6.42 Å². The van der Waals surface area contributed by atoms with Gasteiger partial charge in [0.25, 0.3) is 11.8 Å². The summed E-state index contributed by atoms with van der Waals surface area (Å²) in [5.74, 6) is -0.981. The van der Waals surface area contributed by atoms with Crippen molar-refractivity contribution in [3.63, 3.8) is 0 Å². The fraction of sp³-hybridized carbons (Fsp3) is 0.300. The molecule has 3 rings (SSSR count). The SMILES string of the molecule is CN(Cc1c(F)cccc1Cl)C(=O)c1cccc(NC(=O)[C@@H]2CCCO2)c1. The van der Waals surface area contributed by atoms with Gasteiger partial charge in [-0.3, -0.25) is 9.59 Å². The van der Waals surface area contributed by atoms with Gasteiger partial charge >= 0.3 is 0 Å². The molecule has 2 amide bonds. The summed E-state index contributed by atoms with van der Waals surface area (Å²) in [6, 6.07) is 11.0. The quantitative estimate of drug-likeness (QED) is 0.843. The zero-order chi connectivity index (χ0) is 19.4. The van der Waals surface area contributed by atoms with Crippen LogP contribution in [0.4, 0.5) is 10.1 Å². The summed E-state index contributed by atoms with van der Waals surface area (Å²) in [6.07, 6.45) is 1.10. The lowest BCUT2D eigenvalue weighted by Crippen LogP contribution is -2.28. The Morgan fingerprint density at radius 1 is 1.30 bits per heavy atom. The minimum atomic E-state index is -0.459. The van der Waals surface area contributed by atoms with Gasteiger partial charge in [-0.15, -0.1) is 0 Å². The van der Waals surface area contributed by atoms with E-state index < -0.39 is 11.9 Å². The first-order chi connectivity index (χ1) is 13.0. The van der Waals surface area contributed by atoms with E-state index in [1.165, 1.54) is 17.0 Å². The lowest BCUT2D eigenvalue weighted by molar-refractivity contribution is -0.124. The molecule has 2 aromatic rings. The molecular weight excluding hydrogens is 371 g/mol. The first-order valence-corrected chi connectivity index (χ1v) is 9.04. The predicted molar refractivity (Wildman–Crippen MR) is 101 cm³/mol. The van der Waals surface area contributed by atoms with E-state index in [0.29, 0.717) is 24.3 Å². The van der Waals surface area contributed by atoms with Gasteiger partial charge in [-0.1, -0.05) is 23.7 Å². The fourth-order valence-corrected chi connectivity index (χ4v) is 3.17. The lowest BCUT2D eigenvalue weighted by atomic mass is 10.1. The molecule has 0 radical (unpaired) electrons. The molecule has 0 aliphatic carbocycles. The molecular formula is C20H20ClFN2O3. The van der Waals surface area contributed by atoms with Crippen LogP contribution < -0.4 is 5.32 Å². The van der Waals surface area contributed by atoms with Gasteiger partial charge in [0.15, 0.2) is 0 Å². The molecule has 1 saturated heterocycles. The van der Waals surface area contributed by atoms with Crippen LogP contribution in [-0.4, -0.2) is 36.5 Å². The van der Waals surface area contributed by atoms with E-state index in [9.17, 15) is 14.0 Å². The van der Waals surface area contributed by atoms with Crippen molar-refractivity contribution in [1.82, 2.24) is 4.90 Å². The molecule has 0 aromatic heterocycles. The largest absolute Gasteiger partial charge is 0.368 e. The summed E-state index contributed by atoms with van der Waals surface area (Å²) in [6.45, 7) is 0.622. The highest BCUT2D eigenvalue weighted by Crippen LogP contribution is 2.22. The maximum atomic E-state index is 14.0. The third-order valence-electron chi connectivity index (χ3n) is 4.40. The van der Waals surface area contributed by atoms with Gasteiger partial charge in [-0.05, 0) is 43.2 Å². The van der Waals surface area contributed by atoms with Crippen molar-refractivity contribution < 1.29 is 18.7 Å². The molecule has 27 heavy (non-hydrogen) atoms. The van der Waals surface area contributed by atoms with Crippen molar-refractivity contribution in [1.29, 1.82) is 0 Å². The van der Waals surface area contributed by atoms with Crippen molar-refractivity contribution >= 4 is 29.1 Å². The van der Waals surface area contributed by atoms with Crippen LogP contribution in [0.15, 0.2) is 42.5 Å². The molecule has 7 heteroatoms. The summed E-state index contributed by atoms with van der Waals surface area (Å²) in [5.41, 5.74) is 1.16. The maximum absolute atomic E-state index is 14.0. The number of rotatable bonds is 5. The minimum Gasteiger partial charge on any atom is -0.368 e. The van der Waals surface area contributed by atoms with Crippen LogP contribution in [0.25, 0.3) is 0 Å². The molecule has 1 aliphatic heterocycles. The molecule has 142 valence electrons. The van der Waals surface area contributed by atoms with E-state index in [1.54, 1.807) is 37.4 Å². The highest BCUT2D eigenvalue weighted by atomic mass is 35.5. The van der Waals surface area contributed by atoms with E-state index in [-0.39, 0.29) is 28.9 Å². The smallest absolute Gasteiger partial charge is 0.253 e. The highest BCUT2D eigenvalue weighted by Gasteiger charge is 2.24. The molecule has 0 saturated carbocycles. The Morgan fingerprint density at radius 2 is 2.07 bits per heavy atom. The topological polar surface area (TPSA) is 58.6 Å². The van der Waals surface area contributed by atoms with E-state index in [1.807, 2.05) is 0 Å². The fourth-order valence-electron chi connectivity index (χ4n) is 2.95. The first kappa shape index (κ1) is 19.3. The zero-order valence-electron chi connectivity index (χ0n) is 14.9. The van der Waals surface area contributed by atoms with Crippen molar-refractivity contribution in [3.05, 3.63) is 64.4 Å². The van der Waals surface area contributed by atoms with Gasteiger partial charge in [0.05, 0.1) is 0 Å². The first-order valence-electron chi connectivity index (χ1n) is 8.66. The van der Waals surface area contributed by atoms with E-state index in [4.69, 9.17) is 16.3 Å².